The summed E-state index contributed by atoms with van der Waals surface area (Å²) in [4.78, 5) is 0. The Morgan fingerprint density at radius 1 is 0.481 bits per heavy atom. The number of aromatic nitrogens is 3. The number of nitrogens with zero attached hydrogens (tertiary/aromatic N) is 3. The first kappa shape index (κ1) is 15.5. The van der Waals surface area contributed by atoms with E-state index in [1.54, 1.807) is 0 Å². The molecule has 0 bridgehead atoms. The molecule has 0 fully saturated rings. The summed E-state index contributed by atoms with van der Waals surface area (Å²) in [7, 11) is 0. The third-order valence-electron chi connectivity index (χ3n) is 4.72. The third kappa shape index (κ3) is 2.79. The molecule has 0 saturated carbocycles. The second-order valence-electron chi connectivity index (χ2n) is 6.45. The van der Waals surface area contributed by atoms with Gasteiger partial charge in [0.25, 0.3) is 0 Å². The van der Waals surface area contributed by atoms with Crippen LogP contribution in [0, 0.1) is 0 Å². The van der Waals surface area contributed by atoms with E-state index in [-0.39, 0.29) is 0 Å². The molecular weight excluding hydrogens is 330 g/mol. The second kappa shape index (κ2) is 6.54. The van der Waals surface area contributed by atoms with Crippen LogP contribution in [0.5, 0.6) is 0 Å². The molecule has 0 aliphatic carbocycles. The summed E-state index contributed by atoms with van der Waals surface area (Å²) in [5.74, 6) is 1.68. The van der Waals surface area contributed by atoms with Crippen LogP contribution in [0.15, 0.2) is 103 Å². The quantitative estimate of drug-likeness (QED) is 0.416. The molecule has 3 nitrogen and oxygen atoms in total. The highest BCUT2D eigenvalue weighted by Crippen LogP contribution is 2.29. The molecule has 1 aromatic heterocycles. The molecular formula is C24H17N3. The van der Waals surface area contributed by atoms with E-state index in [1.807, 2.05) is 36.4 Å². The zero-order chi connectivity index (χ0) is 18.1. The van der Waals surface area contributed by atoms with E-state index in [0.717, 1.165) is 28.5 Å². The van der Waals surface area contributed by atoms with Gasteiger partial charge in [0.2, 0.25) is 0 Å². The lowest BCUT2D eigenvalue weighted by atomic mass is 10.1. The third-order valence-corrected chi connectivity index (χ3v) is 4.72. The fraction of sp³-hybridized carbons (Fsp3) is 0. The molecule has 0 radical (unpaired) electrons. The smallest absolute Gasteiger partial charge is 0.168 e. The molecule has 0 spiro atoms. The Balaban J connectivity index is 1.78. The monoisotopic (exact) mass is 347 g/mol. The van der Waals surface area contributed by atoms with Crippen molar-refractivity contribution >= 4 is 10.8 Å². The van der Waals surface area contributed by atoms with Crippen molar-refractivity contribution in [2.75, 3.05) is 0 Å². The Bertz CT molecular complexity index is 1150. The molecule has 27 heavy (non-hydrogen) atoms. The van der Waals surface area contributed by atoms with Crippen LogP contribution in [0.2, 0.25) is 0 Å². The van der Waals surface area contributed by atoms with Crippen LogP contribution in [-0.4, -0.2) is 14.8 Å². The molecule has 1 heterocycles. The van der Waals surface area contributed by atoms with Crippen LogP contribution in [0.1, 0.15) is 0 Å². The largest absolute Gasteiger partial charge is 0.275 e. The van der Waals surface area contributed by atoms with Crippen molar-refractivity contribution in [3.05, 3.63) is 103 Å². The highest BCUT2D eigenvalue weighted by atomic mass is 15.3. The number of fused-ring (bicyclic) bond motifs is 1. The molecule has 4 aromatic carbocycles. The molecule has 0 saturated heterocycles. The predicted molar refractivity (Wildman–Crippen MR) is 110 cm³/mol. The number of benzene rings is 4. The number of rotatable bonds is 3. The van der Waals surface area contributed by atoms with Gasteiger partial charge in [-0.2, -0.15) is 0 Å². The predicted octanol–water partition coefficient (Wildman–Crippen LogP) is 5.75. The Labute approximate surface area is 157 Å². The van der Waals surface area contributed by atoms with Crippen LogP contribution in [0.4, 0.5) is 0 Å². The van der Waals surface area contributed by atoms with Crippen molar-refractivity contribution in [3.63, 3.8) is 0 Å². The maximum Gasteiger partial charge on any atom is 0.168 e. The molecule has 0 amide bonds. The highest BCUT2D eigenvalue weighted by Gasteiger charge is 2.17. The maximum atomic E-state index is 4.53. The van der Waals surface area contributed by atoms with Crippen molar-refractivity contribution in [2.24, 2.45) is 0 Å². The number of hydrogen-bond donors (Lipinski definition) is 0. The molecule has 3 heteroatoms. The fourth-order valence-electron chi connectivity index (χ4n) is 3.39. The second-order valence-corrected chi connectivity index (χ2v) is 6.45. The first-order valence-electron chi connectivity index (χ1n) is 8.95. The summed E-state index contributed by atoms with van der Waals surface area (Å²) >= 11 is 0. The van der Waals surface area contributed by atoms with Crippen LogP contribution in [0.25, 0.3) is 39.2 Å². The van der Waals surface area contributed by atoms with Crippen LogP contribution in [0.3, 0.4) is 0 Å². The maximum absolute atomic E-state index is 4.53. The van der Waals surface area contributed by atoms with E-state index < -0.39 is 0 Å². The van der Waals surface area contributed by atoms with Crippen LogP contribution >= 0.6 is 0 Å². The molecule has 0 N–H and O–H groups in total. The zero-order valence-corrected chi connectivity index (χ0v) is 14.7. The summed E-state index contributed by atoms with van der Waals surface area (Å²) in [5, 5.41) is 11.5. The summed E-state index contributed by atoms with van der Waals surface area (Å²) < 4.78 is 2.14. The molecule has 0 unspecified atom stereocenters. The molecule has 5 aromatic rings. The zero-order valence-electron chi connectivity index (χ0n) is 14.7. The van der Waals surface area contributed by atoms with E-state index in [4.69, 9.17) is 0 Å². The minimum absolute atomic E-state index is 0.838. The Hall–Kier alpha value is -3.72. The minimum atomic E-state index is 0.838. The van der Waals surface area contributed by atoms with Gasteiger partial charge in [-0.25, -0.2) is 0 Å². The van der Waals surface area contributed by atoms with Gasteiger partial charge in [-0.15, -0.1) is 10.2 Å². The van der Waals surface area contributed by atoms with Crippen molar-refractivity contribution in [1.29, 1.82) is 0 Å². The van der Waals surface area contributed by atoms with Crippen LogP contribution in [-0.2, 0) is 0 Å². The molecule has 128 valence electrons. The first-order chi connectivity index (χ1) is 13.4. The van der Waals surface area contributed by atoms with Gasteiger partial charge < -0.3 is 0 Å². The van der Waals surface area contributed by atoms with Gasteiger partial charge in [-0.3, -0.25) is 4.57 Å². The van der Waals surface area contributed by atoms with Gasteiger partial charge in [0.05, 0.1) is 0 Å². The lowest BCUT2D eigenvalue weighted by Crippen LogP contribution is -2.00. The van der Waals surface area contributed by atoms with E-state index in [9.17, 15) is 0 Å². The van der Waals surface area contributed by atoms with Crippen molar-refractivity contribution in [3.8, 4) is 28.5 Å². The first-order valence-corrected chi connectivity index (χ1v) is 8.95. The lowest BCUT2D eigenvalue weighted by molar-refractivity contribution is 1.08. The summed E-state index contributed by atoms with van der Waals surface area (Å²) in [5.41, 5.74) is 3.14. The van der Waals surface area contributed by atoms with Gasteiger partial charge in [-0.1, -0.05) is 91.0 Å². The van der Waals surface area contributed by atoms with Gasteiger partial charge >= 0.3 is 0 Å². The van der Waals surface area contributed by atoms with Crippen molar-refractivity contribution < 1.29 is 0 Å². The average molecular weight is 347 g/mol. The van der Waals surface area contributed by atoms with E-state index in [2.05, 4.69) is 81.5 Å². The highest BCUT2D eigenvalue weighted by molar-refractivity contribution is 5.85. The standard InChI is InChI=1S/C24H17N3/c1-3-10-19(11-4-1)23-25-26-24(20-12-5-2-6-13-20)27(23)22-16-15-18-9-7-8-14-21(18)17-22/h1-17H. The Morgan fingerprint density at radius 2 is 1.00 bits per heavy atom. The molecule has 5 rings (SSSR count). The van der Waals surface area contributed by atoms with Gasteiger partial charge in [-0.05, 0) is 22.9 Å². The van der Waals surface area contributed by atoms with E-state index in [1.165, 1.54) is 10.8 Å². The SMILES string of the molecule is c1ccc(-c2nnc(-c3ccccc3)n2-c2ccc3ccccc3c2)cc1. The summed E-state index contributed by atoms with van der Waals surface area (Å²) in [6.07, 6.45) is 0. The summed E-state index contributed by atoms with van der Waals surface area (Å²) in [6.45, 7) is 0. The molecule has 0 aliphatic heterocycles. The normalized spacial score (nSPS) is 11.0. The molecule has 0 aliphatic rings. The van der Waals surface area contributed by atoms with Crippen molar-refractivity contribution in [2.45, 2.75) is 0 Å². The van der Waals surface area contributed by atoms with E-state index >= 15 is 0 Å². The van der Waals surface area contributed by atoms with E-state index in [0.29, 0.717) is 0 Å². The average Bonchev–Trinajstić information content (AvgIpc) is 3.20. The van der Waals surface area contributed by atoms with Gasteiger partial charge in [0.15, 0.2) is 11.6 Å². The summed E-state index contributed by atoms with van der Waals surface area (Å²) in [6, 6.07) is 35.2. The van der Waals surface area contributed by atoms with Crippen LogP contribution < -0.4 is 0 Å². The lowest BCUT2D eigenvalue weighted by Gasteiger charge is -2.12. The minimum Gasteiger partial charge on any atom is -0.275 e. The Kier molecular flexibility index (Phi) is 3.76. The topological polar surface area (TPSA) is 30.7 Å². The fourth-order valence-corrected chi connectivity index (χ4v) is 3.39. The van der Waals surface area contributed by atoms with Gasteiger partial charge in [0.1, 0.15) is 0 Å². The van der Waals surface area contributed by atoms with Gasteiger partial charge in [0, 0.05) is 16.8 Å². The number of hydrogen-bond acceptors (Lipinski definition) is 2. The Morgan fingerprint density at radius 3 is 1.59 bits per heavy atom. The molecule has 0 atom stereocenters. The van der Waals surface area contributed by atoms with Crippen molar-refractivity contribution in [1.82, 2.24) is 14.8 Å².